The van der Waals surface area contributed by atoms with Crippen LogP contribution in [-0.4, -0.2) is 21.6 Å². The van der Waals surface area contributed by atoms with Crippen molar-refractivity contribution in [1.29, 1.82) is 0 Å². The number of imidazole rings is 1. The second kappa shape index (κ2) is 4.97. The molecule has 0 saturated heterocycles. The van der Waals surface area contributed by atoms with Crippen molar-refractivity contribution < 1.29 is 0 Å². The lowest BCUT2D eigenvalue weighted by molar-refractivity contribution is 0.555. The van der Waals surface area contributed by atoms with E-state index in [1.54, 1.807) is 12.5 Å². The Bertz CT molecular complexity index is 491. The molecule has 2 rings (SSSR count). The van der Waals surface area contributed by atoms with Crippen molar-refractivity contribution in [3.8, 4) is 0 Å². The minimum absolute atomic E-state index is 0.226. The number of pyridine rings is 1. The fraction of sp³-hybridized carbons (Fsp3) is 0.333. The molecule has 0 spiro atoms. The molecule has 0 bridgehead atoms. The number of likely N-dealkylation sites (N-methyl/N-ethyl adjacent to an activating group) is 1. The number of nitrogens with zero attached hydrogens (tertiary/aromatic N) is 3. The number of rotatable bonds is 4. The van der Waals surface area contributed by atoms with Crippen molar-refractivity contribution in [3.63, 3.8) is 0 Å². The Hall–Kier alpha value is -1.88. The number of hydrogen-bond acceptors (Lipinski definition) is 4. The first-order valence-electron chi connectivity index (χ1n) is 5.54. The van der Waals surface area contributed by atoms with E-state index >= 15 is 0 Å². The van der Waals surface area contributed by atoms with E-state index in [0.717, 1.165) is 17.7 Å². The van der Waals surface area contributed by atoms with Gasteiger partial charge in [0.25, 0.3) is 0 Å². The van der Waals surface area contributed by atoms with Crippen LogP contribution in [0, 0.1) is 0 Å². The van der Waals surface area contributed by atoms with Gasteiger partial charge in [-0.25, -0.2) is 9.97 Å². The first kappa shape index (κ1) is 11.6. The highest BCUT2D eigenvalue weighted by Gasteiger charge is 2.13. The molecule has 0 aliphatic heterocycles. The normalized spacial score (nSPS) is 12.6. The first-order valence-corrected chi connectivity index (χ1v) is 5.54. The fourth-order valence-electron chi connectivity index (χ4n) is 1.91. The van der Waals surface area contributed by atoms with Crippen LogP contribution in [-0.2, 0) is 13.5 Å². The molecule has 0 aliphatic carbocycles. The van der Waals surface area contributed by atoms with Gasteiger partial charge in [-0.3, -0.25) is 0 Å². The van der Waals surface area contributed by atoms with Crippen LogP contribution in [0.25, 0.3) is 0 Å². The smallest absolute Gasteiger partial charge is 0.123 e. The maximum atomic E-state index is 5.68. The molecular formula is C12H17N5. The molecule has 5 heteroatoms. The molecule has 0 aromatic carbocycles. The average Bonchev–Trinajstić information content (AvgIpc) is 2.72. The predicted molar refractivity (Wildman–Crippen MR) is 67.4 cm³/mol. The second-order valence-electron chi connectivity index (χ2n) is 4.06. The van der Waals surface area contributed by atoms with Crippen molar-refractivity contribution in [3.05, 3.63) is 42.1 Å². The quantitative estimate of drug-likeness (QED) is 0.820. The zero-order chi connectivity index (χ0) is 12.3. The van der Waals surface area contributed by atoms with E-state index in [1.165, 1.54) is 0 Å². The number of nitrogens with two attached hydrogens (primary N) is 1. The summed E-state index contributed by atoms with van der Waals surface area (Å²) in [4.78, 5) is 8.13. The number of aromatic nitrogens is 3. The Balaban J connectivity index is 2.19. The molecule has 5 nitrogen and oxygen atoms in total. The molecule has 2 aromatic rings. The van der Waals surface area contributed by atoms with Gasteiger partial charge in [-0.05, 0) is 31.2 Å². The maximum absolute atomic E-state index is 5.68. The van der Waals surface area contributed by atoms with Gasteiger partial charge < -0.3 is 15.6 Å². The largest absolute Gasteiger partial charge is 0.384 e. The van der Waals surface area contributed by atoms with Gasteiger partial charge in [0.2, 0.25) is 0 Å². The number of nitrogen functional groups attached to an aromatic ring is 1. The SMILES string of the molecule is CNC(Cc1ccnc(N)c1)c1cncn1C. The van der Waals surface area contributed by atoms with Gasteiger partial charge in [0.15, 0.2) is 0 Å². The van der Waals surface area contributed by atoms with Crippen molar-refractivity contribution in [2.75, 3.05) is 12.8 Å². The maximum Gasteiger partial charge on any atom is 0.123 e. The lowest BCUT2D eigenvalue weighted by atomic mass is 10.0. The summed E-state index contributed by atoms with van der Waals surface area (Å²) >= 11 is 0. The zero-order valence-electron chi connectivity index (χ0n) is 10.1. The van der Waals surface area contributed by atoms with E-state index in [9.17, 15) is 0 Å². The highest BCUT2D eigenvalue weighted by atomic mass is 15.1. The van der Waals surface area contributed by atoms with Gasteiger partial charge in [-0.1, -0.05) is 0 Å². The van der Waals surface area contributed by atoms with E-state index in [4.69, 9.17) is 5.73 Å². The van der Waals surface area contributed by atoms with E-state index in [2.05, 4.69) is 15.3 Å². The standard InChI is InChI=1S/C12H17N5/c1-14-10(11-7-15-8-17(11)2)5-9-3-4-16-12(13)6-9/h3-4,6-8,10,14H,5H2,1-2H3,(H2,13,16). The summed E-state index contributed by atoms with van der Waals surface area (Å²) in [5, 5.41) is 3.29. The molecule has 0 aliphatic rings. The molecule has 2 heterocycles. The van der Waals surface area contributed by atoms with E-state index in [0.29, 0.717) is 5.82 Å². The van der Waals surface area contributed by atoms with Crippen LogP contribution in [0.1, 0.15) is 17.3 Å². The third kappa shape index (κ3) is 2.62. The summed E-state index contributed by atoms with van der Waals surface area (Å²) in [5.74, 6) is 0.558. The van der Waals surface area contributed by atoms with Gasteiger partial charge >= 0.3 is 0 Å². The Morgan fingerprint density at radius 3 is 2.94 bits per heavy atom. The first-order chi connectivity index (χ1) is 8.20. The topological polar surface area (TPSA) is 68.8 Å². The predicted octanol–water partition coefficient (Wildman–Crippen LogP) is 0.900. The lowest BCUT2D eigenvalue weighted by Crippen LogP contribution is -2.21. The van der Waals surface area contributed by atoms with E-state index in [1.807, 2.05) is 37.0 Å². The van der Waals surface area contributed by atoms with Crippen LogP contribution < -0.4 is 11.1 Å². The van der Waals surface area contributed by atoms with Gasteiger partial charge in [-0.2, -0.15) is 0 Å². The van der Waals surface area contributed by atoms with Crippen LogP contribution in [0.3, 0.4) is 0 Å². The van der Waals surface area contributed by atoms with Gasteiger partial charge in [0.05, 0.1) is 18.1 Å². The summed E-state index contributed by atoms with van der Waals surface area (Å²) in [6.45, 7) is 0. The molecule has 2 aromatic heterocycles. The molecule has 90 valence electrons. The molecule has 3 N–H and O–H groups in total. The third-order valence-electron chi connectivity index (χ3n) is 2.84. The molecule has 1 atom stereocenters. The minimum atomic E-state index is 0.226. The molecule has 0 radical (unpaired) electrons. The average molecular weight is 231 g/mol. The van der Waals surface area contributed by atoms with Crippen LogP contribution in [0.5, 0.6) is 0 Å². The Labute approximate surface area is 101 Å². The Morgan fingerprint density at radius 2 is 2.35 bits per heavy atom. The van der Waals surface area contributed by atoms with Gasteiger partial charge in [-0.15, -0.1) is 0 Å². The summed E-state index contributed by atoms with van der Waals surface area (Å²) < 4.78 is 2.02. The number of hydrogen-bond donors (Lipinski definition) is 2. The third-order valence-corrected chi connectivity index (χ3v) is 2.84. The zero-order valence-corrected chi connectivity index (χ0v) is 10.1. The van der Waals surface area contributed by atoms with Gasteiger partial charge in [0, 0.05) is 19.4 Å². The minimum Gasteiger partial charge on any atom is -0.384 e. The van der Waals surface area contributed by atoms with Crippen LogP contribution in [0.2, 0.25) is 0 Å². The number of aryl methyl sites for hydroxylation is 1. The molecule has 17 heavy (non-hydrogen) atoms. The van der Waals surface area contributed by atoms with Crippen molar-refractivity contribution in [1.82, 2.24) is 19.9 Å². The van der Waals surface area contributed by atoms with Gasteiger partial charge in [0.1, 0.15) is 5.82 Å². The van der Waals surface area contributed by atoms with Crippen molar-refractivity contribution in [2.24, 2.45) is 7.05 Å². The monoisotopic (exact) mass is 231 g/mol. The Kier molecular flexibility index (Phi) is 3.39. The molecular weight excluding hydrogens is 214 g/mol. The van der Waals surface area contributed by atoms with E-state index in [-0.39, 0.29) is 6.04 Å². The lowest BCUT2D eigenvalue weighted by Gasteiger charge is -2.16. The molecule has 0 fully saturated rings. The van der Waals surface area contributed by atoms with Crippen LogP contribution in [0.15, 0.2) is 30.9 Å². The summed E-state index contributed by atoms with van der Waals surface area (Å²) in [7, 11) is 3.94. The molecule has 0 saturated carbocycles. The van der Waals surface area contributed by atoms with Crippen LogP contribution in [0.4, 0.5) is 5.82 Å². The Morgan fingerprint density at radius 1 is 1.53 bits per heavy atom. The van der Waals surface area contributed by atoms with Crippen molar-refractivity contribution in [2.45, 2.75) is 12.5 Å². The highest BCUT2D eigenvalue weighted by molar-refractivity contribution is 5.32. The summed E-state index contributed by atoms with van der Waals surface area (Å²) in [5.41, 5.74) is 8.00. The van der Waals surface area contributed by atoms with E-state index < -0.39 is 0 Å². The fourth-order valence-corrected chi connectivity index (χ4v) is 1.91. The molecule has 0 amide bonds. The summed E-state index contributed by atoms with van der Waals surface area (Å²) in [6.07, 6.45) is 6.29. The second-order valence-corrected chi connectivity index (χ2v) is 4.06. The molecule has 1 unspecified atom stereocenters. The van der Waals surface area contributed by atoms with Crippen LogP contribution >= 0.6 is 0 Å². The number of nitrogens with one attached hydrogen (secondary N) is 1. The number of anilines is 1. The van der Waals surface area contributed by atoms with Crippen molar-refractivity contribution >= 4 is 5.82 Å². The highest BCUT2D eigenvalue weighted by Crippen LogP contribution is 2.17. The summed E-state index contributed by atoms with van der Waals surface area (Å²) in [6, 6.07) is 4.11.